The number of carbonyl (C=O) groups excluding carboxylic acids is 1. The van der Waals surface area contributed by atoms with Crippen LogP contribution >= 0.6 is 0 Å². The van der Waals surface area contributed by atoms with E-state index in [9.17, 15) is 9.18 Å². The number of hydrogen-bond acceptors (Lipinski definition) is 3. The molecule has 1 aliphatic heterocycles. The van der Waals surface area contributed by atoms with E-state index in [2.05, 4.69) is 10.3 Å². The van der Waals surface area contributed by atoms with Gasteiger partial charge >= 0.3 is 0 Å². The molecule has 0 aliphatic carbocycles. The number of hydrogen-bond donors (Lipinski definition) is 1. The summed E-state index contributed by atoms with van der Waals surface area (Å²) in [6.07, 6.45) is 3.48. The minimum atomic E-state index is -0.378. The fourth-order valence-electron chi connectivity index (χ4n) is 2.84. The quantitative estimate of drug-likeness (QED) is 0.925. The van der Waals surface area contributed by atoms with Gasteiger partial charge in [-0.2, -0.15) is 0 Å². The number of amides is 1. The molecule has 1 aliphatic rings. The molecule has 4 nitrogen and oxygen atoms in total. The van der Waals surface area contributed by atoms with E-state index in [1.807, 2.05) is 12.1 Å². The van der Waals surface area contributed by atoms with E-state index in [0.717, 1.165) is 17.7 Å². The van der Waals surface area contributed by atoms with Gasteiger partial charge in [0, 0.05) is 37.6 Å². The van der Waals surface area contributed by atoms with Crippen molar-refractivity contribution in [2.24, 2.45) is 0 Å². The maximum absolute atomic E-state index is 13.6. The van der Waals surface area contributed by atoms with Crippen LogP contribution in [0.15, 0.2) is 42.7 Å². The van der Waals surface area contributed by atoms with E-state index in [1.54, 1.807) is 30.3 Å². The Morgan fingerprint density at radius 2 is 2.27 bits per heavy atom. The predicted octanol–water partition coefficient (Wildman–Crippen LogP) is 2.32. The van der Waals surface area contributed by atoms with Crippen LogP contribution in [-0.4, -0.2) is 35.4 Å². The Kier molecular flexibility index (Phi) is 4.15. The standard InChI is InChI=1S/C17H18FN3O/c1-12-7-14(9-15(18)8-12)17(22)21-6-5-20-11-16(21)13-3-2-4-19-10-13/h2-4,7-10,16,20H,5-6,11H2,1H3. The highest BCUT2D eigenvalue weighted by Gasteiger charge is 2.29. The van der Waals surface area contributed by atoms with Crippen LogP contribution in [0, 0.1) is 12.7 Å². The Hall–Kier alpha value is -2.27. The van der Waals surface area contributed by atoms with Crippen LogP contribution in [0.5, 0.6) is 0 Å². The van der Waals surface area contributed by atoms with Gasteiger partial charge in [-0.15, -0.1) is 0 Å². The number of nitrogens with zero attached hydrogens (tertiary/aromatic N) is 2. The molecule has 1 aromatic heterocycles. The number of carbonyl (C=O) groups is 1. The summed E-state index contributed by atoms with van der Waals surface area (Å²) < 4.78 is 13.6. The predicted molar refractivity (Wildman–Crippen MR) is 82.0 cm³/mol. The third-order valence-corrected chi connectivity index (χ3v) is 3.86. The van der Waals surface area contributed by atoms with Crippen LogP contribution in [-0.2, 0) is 0 Å². The van der Waals surface area contributed by atoms with Crippen molar-refractivity contribution >= 4 is 5.91 Å². The molecule has 1 saturated heterocycles. The highest BCUT2D eigenvalue weighted by atomic mass is 19.1. The highest BCUT2D eigenvalue weighted by Crippen LogP contribution is 2.24. The average molecular weight is 299 g/mol. The molecule has 1 fully saturated rings. The molecular weight excluding hydrogens is 281 g/mol. The number of piperazine rings is 1. The molecule has 1 unspecified atom stereocenters. The maximum atomic E-state index is 13.6. The van der Waals surface area contributed by atoms with E-state index in [-0.39, 0.29) is 17.8 Å². The lowest BCUT2D eigenvalue weighted by Gasteiger charge is -2.36. The molecule has 3 rings (SSSR count). The van der Waals surface area contributed by atoms with Crippen LogP contribution in [0.1, 0.15) is 27.5 Å². The van der Waals surface area contributed by atoms with Crippen LogP contribution < -0.4 is 5.32 Å². The number of aryl methyl sites for hydroxylation is 1. The first-order valence-corrected chi connectivity index (χ1v) is 7.34. The normalized spacial score (nSPS) is 18.3. The number of rotatable bonds is 2. The first-order chi connectivity index (χ1) is 10.6. The molecule has 2 aromatic rings. The van der Waals surface area contributed by atoms with Crippen LogP contribution in [0.25, 0.3) is 0 Å². The van der Waals surface area contributed by atoms with E-state index in [0.29, 0.717) is 18.7 Å². The van der Waals surface area contributed by atoms with Gasteiger partial charge in [-0.25, -0.2) is 4.39 Å². The average Bonchev–Trinajstić information content (AvgIpc) is 2.54. The lowest BCUT2D eigenvalue weighted by molar-refractivity contribution is 0.0633. The Balaban J connectivity index is 1.91. The number of nitrogens with one attached hydrogen (secondary N) is 1. The minimum Gasteiger partial charge on any atom is -0.329 e. The minimum absolute atomic E-state index is 0.0847. The summed E-state index contributed by atoms with van der Waals surface area (Å²) in [6.45, 7) is 3.78. The van der Waals surface area contributed by atoms with Gasteiger partial charge < -0.3 is 10.2 Å². The maximum Gasteiger partial charge on any atom is 0.254 e. The first kappa shape index (κ1) is 14.7. The molecule has 1 aromatic carbocycles. The van der Waals surface area contributed by atoms with E-state index in [1.165, 1.54) is 12.1 Å². The van der Waals surface area contributed by atoms with Gasteiger partial charge in [0.05, 0.1) is 6.04 Å². The lowest BCUT2D eigenvalue weighted by atomic mass is 10.0. The molecular formula is C17H18FN3O. The Morgan fingerprint density at radius 1 is 1.41 bits per heavy atom. The smallest absolute Gasteiger partial charge is 0.254 e. The van der Waals surface area contributed by atoms with E-state index in [4.69, 9.17) is 0 Å². The summed E-state index contributed by atoms with van der Waals surface area (Å²) >= 11 is 0. The zero-order valence-corrected chi connectivity index (χ0v) is 12.4. The topological polar surface area (TPSA) is 45.2 Å². The molecule has 0 saturated carbocycles. The fraction of sp³-hybridized carbons (Fsp3) is 0.294. The van der Waals surface area contributed by atoms with Gasteiger partial charge in [-0.05, 0) is 42.3 Å². The summed E-state index contributed by atoms with van der Waals surface area (Å²) in [5, 5.41) is 3.30. The van der Waals surface area contributed by atoms with Crippen LogP contribution in [0.3, 0.4) is 0 Å². The second-order valence-electron chi connectivity index (χ2n) is 5.52. The third kappa shape index (κ3) is 2.99. The van der Waals surface area contributed by atoms with Crippen LogP contribution in [0.2, 0.25) is 0 Å². The summed E-state index contributed by atoms with van der Waals surface area (Å²) in [6, 6.07) is 8.19. The van der Waals surface area contributed by atoms with Crippen molar-refractivity contribution in [1.82, 2.24) is 15.2 Å². The van der Waals surface area contributed by atoms with Crippen molar-refractivity contribution in [1.29, 1.82) is 0 Å². The van der Waals surface area contributed by atoms with Gasteiger partial charge in [0.1, 0.15) is 5.82 Å². The van der Waals surface area contributed by atoms with Crippen molar-refractivity contribution in [2.75, 3.05) is 19.6 Å². The van der Waals surface area contributed by atoms with Crippen LogP contribution in [0.4, 0.5) is 4.39 Å². The summed E-state index contributed by atoms with van der Waals surface area (Å²) in [7, 11) is 0. The lowest BCUT2D eigenvalue weighted by Crippen LogP contribution is -2.48. The van der Waals surface area contributed by atoms with Crippen molar-refractivity contribution in [3.63, 3.8) is 0 Å². The highest BCUT2D eigenvalue weighted by molar-refractivity contribution is 5.94. The monoisotopic (exact) mass is 299 g/mol. The van der Waals surface area contributed by atoms with E-state index < -0.39 is 0 Å². The van der Waals surface area contributed by atoms with Crippen molar-refractivity contribution in [3.8, 4) is 0 Å². The Bertz CT molecular complexity index is 655. The fourth-order valence-corrected chi connectivity index (χ4v) is 2.84. The molecule has 0 spiro atoms. The summed E-state index contributed by atoms with van der Waals surface area (Å²) in [4.78, 5) is 18.7. The molecule has 1 N–H and O–H groups in total. The Labute approximate surface area is 129 Å². The van der Waals surface area contributed by atoms with Gasteiger partial charge in [0.25, 0.3) is 5.91 Å². The molecule has 1 atom stereocenters. The SMILES string of the molecule is Cc1cc(F)cc(C(=O)N2CCNCC2c2cccnc2)c1. The van der Waals surface area contributed by atoms with Gasteiger partial charge in [-0.1, -0.05) is 6.07 Å². The summed E-state index contributed by atoms with van der Waals surface area (Å²) in [5.74, 6) is -0.519. The largest absolute Gasteiger partial charge is 0.329 e. The van der Waals surface area contributed by atoms with Gasteiger partial charge in [-0.3, -0.25) is 9.78 Å². The molecule has 1 amide bonds. The van der Waals surface area contributed by atoms with Gasteiger partial charge in [0.2, 0.25) is 0 Å². The molecule has 22 heavy (non-hydrogen) atoms. The number of benzene rings is 1. The molecule has 0 radical (unpaired) electrons. The molecule has 114 valence electrons. The third-order valence-electron chi connectivity index (χ3n) is 3.86. The van der Waals surface area contributed by atoms with Crippen molar-refractivity contribution in [3.05, 3.63) is 65.2 Å². The van der Waals surface area contributed by atoms with Gasteiger partial charge in [0.15, 0.2) is 0 Å². The number of halogens is 1. The molecule has 2 heterocycles. The zero-order chi connectivity index (χ0) is 15.5. The molecule has 5 heteroatoms. The first-order valence-electron chi connectivity index (χ1n) is 7.34. The summed E-state index contributed by atoms with van der Waals surface area (Å²) in [5.41, 5.74) is 2.13. The van der Waals surface area contributed by atoms with E-state index >= 15 is 0 Å². The second-order valence-corrected chi connectivity index (χ2v) is 5.52. The van der Waals surface area contributed by atoms with Crippen molar-refractivity contribution < 1.29 is 9.18 Å². The number of pyridine rings is 1. The van der Waals surface area contributed by atoms with Crippen molar-refractivity contribution in [2.45, 2.75) is 13.0 Å². The number of aromatic nitrogens is 1. The zero-order valence-electron chi connectivity index (χ0n) is 12.4. The Morgan fingerprint density at radius 3 is 3.00 bits per heavy atom. The molecule has 0 bridgehead atoms. The second kappa shape index (κ2) is 6.23.